The summed E-state index contributed by atoms with van der Waals surface area (Å²) in [7, 11) is 2.05. The molecule has 2 heterocycles. The van der Waals surface area contributed by atoms with Crippen LogP contribution in [0.3, 0.4) is 0 Å². The lowest BCUT2D eigenvalue weighted by Crippen LogP contribution is -2.33. The molecule has 0 atom stereocenters. The second-order valence-electron chi connectivity index (χ2n) is 4.84. The molecule has 2 nitrogen and oxygen atoms in total. The van der Waals surface area contributed by atoms with Gasteiger partial charge in [0.1, 0.15) is 0 Å². The van der Waals surface area contributed by atoms with E-state index in [1.807, 2.05) is 18.4 Å². The summed E-state index contributed by atoms with van der Waals surface area (Å²) < 4.78 is 1.22. The summed E-state index contributed by atoms with van der Waals surface area (Å²) in [5.41, 5.74) is 0. The normalized spacial score (nSPS) is 17.7. The first-order valence-electron chi connectivity index (χ1n) is 6.38. The lowest BCUT2D eigenvalue weighted by atomic mass is 9.93. The van der Waals surface area contributed by atoms with E-state index in [1.165, 1.54) is 48.2 Å². The third-order valence-electron chi connectivity index (χ3n) is 3.51. The molecule has 1 fully saturated rings. The summed E-state index contributed by atoms with van der Waals surface area (Å²) in [6.45, 7) is 4.84. The van der Waals surface area contributed by atoms with E-state index in [1.54, 1.807) is 0 Å². The van der Waals surface area contributed by atoms with Crippen LogP contribution in [0.5, 0.6) is 0 Å². The maximum atomic E-state index is 3.52. The third-order valence-corrected chi connectivity index (χ3v) is 5.19. The third kappa shape index (κ3) is 5.17. The van der Waals surface area contributed by atoms with Crippen molar-refractivity contribution in [1.29, 1.82) is 0 Å². The second-order valence-corrected chi connectivity index (χ2v) is 6.75. The molecule has 104 valence electrons. The topological polar surface area (TPSA) is 15.3 Å². The lowest BCUT2D eigenvalue weighted by Gasteiger charge is -2.31. The first kappa shape index (κ1) is 16.4. The average molecular weight is 354 g/mol. The van der Waals surface area contributed by atoms with Gasteiger partial charge < -0.3 is 5.32 Å². The number of nitrogens with zero attached hydrogens (tertiary/aromatic N) is 1. The van der Waals surface area contributed by atoms with Crippen LogP contribution in [-0.2, 0) is 6.54 Å². The Morgan fingerprint density at radius 3 is 2.72 bits per heavy atom. The molecular weight excluding hydrogens is 332 g/mol. The van der Waals surface area contributed by atoms with Gasteiger partial charge in [-0.2, -0.15) is 0 Å². The van der Waals surface area contributed by atoms with Crippen LogP contribution in [0.15, 0.2) is 15.9 Å². The fourth-order valence-electron chi connectivity index (χ4n) is 2.44. The highest BCUT2D eigenvalue weighted by Gasteiger charge is 2.18. The van der Waals surface area contributed by atoms with Gasteiger partial charge in [0.25, 0.3) is 0 Å². The van der Waals surface area contributed by atoms with Crippen LogP contribution < -0.4 is 5.32 Å². The van der Waals surface area contributed by atoms with Gasteiger partial charge >= 0.3 is 0 Å². The Labute approximate surface area is 129 Å². The van der Waals surface area contributed by atoms with Gasteiger partial charge in [-0.15, -0.1) is 23.7 Å². The van der Waals surface area contributed by atoms with Gasteiger partial charge in [0, 0.05) is 21.3 Å². The molecule has 0 amide bonds. The van der Waals surface area contributed by atoms with E-state index >= 15 is 0 Å². The van der Waals surface area contributed by atoms with Crippen LogP contribution in [0.4, 0.5) is 0 Å². The molecule has 5 heteroatoms. The highest BCUT2D eigenvalue weighted by Crippen LogP contribution is 2.25. The van der Waals surface area contributed by atoms with Crippen LogP contribution in [-0.4, -0.2) is 31.6 Å². The van der Waals surface area contributed by atoms with Crippen LogP contribution in [0, 0.1) is 5.92 Å². The van der Waals surface area contributed by atoms with Crippen LogP contribution in [0.25, 0.3) is 0 Å². The van der Waals surface area contributed by atoms with Gasteiger partial charge in [0.2, 0.25) is 0 Å². The number of likely N-dealkylation sites (tertiary alicyclic amines) is 1. The number of piperidine rings is 1. The maximum Gasteiger partial charge on any atom is 0.0328 e. The molecule has 0 spiro atoms. The summed E-state index contributed by atoms with van der Waals surface area (Å²) in [5, 5.41) is 5.43. The monoisotopic (exact) mass is 352 g/mol. The molecule has 1 aliphatic rings. The number of halogens is 2. The minimum atomic E-state index is 0. The Balaban J connectivity index is 0.00000162. The van der Waals surface area contributed by atoms with E-state index in [0.717, 1.165) is 12.5 Å². The molecule has 1 saturated heterocycles. The van der Waals surface area contributed by atoms with Gasteiger partial charge in [-0.1, -0.05) is 0 Å². The first-order valence-corrected chi connectivity index (χ1v) is 8.05. The van der Waals surface area contributed by atoms with Gasteiger partial charge in [0.15, 0.2) is 0 Å². The van der Waals surface area contributed by atoms with Crippen molar-refractivity contribution >= 4 is 39.7 Å². The van der Waals surface area contributed by atoms with Crippen molar-refractivity contribution in [2.75, 3.05) is 26.7 Å². The quantitative estimate of drug-likeness (QED) is 0.867. The summed E-state index contributed by atoms with van der Waals surface area (Å²) in [4.78, 5) is 4.07. The molecule has 0 aromatic carbocycles. The van der Waals surface area contributed by atoms with Crippen LogP contribution in [0.2, 0.25) is 0 Å². The fraction of sp³-hybridized carbons (Fsp3) is 0.692. The Bertz CT molecular complexity index is 337. The SMILES string of the molecule is CNCCC1CCN(Cc2cc(Br)cs2)CC1.Cl. The van der Waals surface area contributed by atoms with Crippen LogP contribution in [0.1, 0.15) is 24.1 Å². The number of nitrogens with one attached hydrogen (secondary N) is 1. The van der Waals surface area contributed by atoms with Crippen molar-refractivity contribution in [3.63, 3.8) is 0 Å². The van der Waals surface area contributed by atoms with Crippen molar-refractivity contribution in [2.24, 2.45) is 5.92 Å². The summed E-state index contributed by atoms with van der Waals surface area (Å²) in [6.07, 6.45) is 4.08. The van der Waals surface area contributed by atoms with Gasteiger partial charge in [-0.3, -0.25) is 4.90 Å². The minimum Gasteiger partial charge on any atom is -0.320 e. The van der Waals surface area contributed by atoms with Gasteiger partial charge in [-0.25, -0.2) is 0 Å². The van der Waals surface area contributed by atoms with E-state index in [0.29, 0.717) is 0 Å². The zero-order valence-electron chi connectivity index (χ0n) is 10.8. The fourth-order valence-corrected chi connectivity index (χ4v) is 3.93. The van der Waals surface area contributed by atoms with Crippen molar-refractivity contribution in [3.8, 4) is 0 Å². The summed E-state index contributed by atoms with van der Waals surface area (Å²) in [5.74, 6) is 0.939. The van der Waals surface area contributed by atoms with E-state index in [2.05, 4.69) is 37.6 Å². The van der Waals surface area contributed by atoms with Crippen LogP contribution >= 0.6 is 39.7 Å². The standard InChI is InChI=1S/C13H21BrN2S.ClH/c1-15-5-2-11-3-6-16(7-4-11)9-13-8-12(14)10-17-13;/h8,10-11,15H,2-7,9H2,1H3;1H. The minimum absolute atomic E-state index is 0. The average Bonchev–Trinajstić information content (AvgIpc) is 2.74. The Kier molecular flexibility index (Phi) is 7.80. The van der Waals surface area contributed by atoms with Crippen molar-refractivity contribution in [2.45, 2.75) is 25.8 Å². The number of hydrogen-bond acceptors (Lipinski definition) is 3. The number of rotatable bonds is 5. The van der Waals surface area contributed by atoms with Gasteiger partial charge in [0.05, 0.1) is 0 Å². The highest BCUT2D eigenvalue weighted by molar-refractivity contribution is 9.10. The number of thiophene rings is 1. The molecule has 2 rings (SSSR count). The smallest absolute Gasteiger partial charge is 0.0328 e. The Hall–Kier alpha value is 0.390. The molecule has 1 aromatic heterocycles. The van der Waals surface area contributed by atoms with E-state index in [9.17, 15) is 0 Å². The predicted octanol–water partition coefficient (Wildman–Crippen LogP) is 3.75. The largest absolute Gasteiger partial charge is 0.320 e. The lowest BCUT2D eigenvalue weighted by molar-refractivity contribution is 0.173. The van der Waals surface area contributed by atoms with E-state index < -0.39 is 0 Å². The zero-order chi connectivity index (χ0) is 12.1. The summed E-state index contributed by atoms with van der Waals surface area (Å²) >= 11 is 5.38. The second kappa shape index (κ2) is 8.54. The first-order chi connectivity index (χ1) is 8.28. The Morgan fingerprint density at radius 1 is 1.44 bits per heavy atom. The van der Waals surface area contributed by atoms with Crippen molar-refractivity contribution in [1.82, 2.24) is 10.2 Å². The molecule has 0 saturated carbocycles. The van der Waals surface area contributed by atoms with E-state index in [-0.39, 0.29) is 12.4 Å². The molecule has 0 radical (unpaired) electrons. The van der Waals surface area contributed by atoms with Gasteiger partial charge in [-0.05, 0) is 73.9 Å². The Morgan fingerprint density at radius 2 is 2.17 bits per heavy atom. The molecule has 1 aromatic rings. The molecular formula is C13H22BrClN2S. The van der Waals surface area contributed by atoms with Crippen molar-refractivity contribution in [3.05, 3.63) is 20.8 Å². The molecule has 1 N–H and O–H groups in total. The predicted molar refractivity (Wildman–Crippen MR) is 85.8 cm³/mol. The van der Waals surface area contributed by atoms with E-state index in [4.69, 9.17) is 0 Å². The molecule has 0 unspecified atom stereocenters. The number of hydrogen-bond donors (Lipinski definition) is 1. The highest BCUT2D eigenvalue weighted by atomic mass is 79.9. The molecule has 0 aliphatic carbocycles. The molecule has 1 aliphatic heterocycles. The zero-order valence-corrected chi connectivity index (χ0v) is 14.0. The van der Waals surface area contributed by atoms with Crippen molar-refractivity contribution < 1.29 is 0 Å². The molecule has 0 bridgehead atoms. The molecule has 18 heavy (non-hydrogen) atoms. The summed E-state index contributed by atoms with van der Waals surface area (Å²) in [6, 6.07) is 2.25. The maximum absolute atomic E-state index is 3.52.